The van der Waals surface area contributed by atoms with Crippen LogP contribution in [-0.4, -0.2) is 18.1 Å². The van der Waals surface area contributed by atoms with Gasteiger partial charge in [-0.15, -0.1) is 0 Å². The lowest BCUT2D eigenvalue weighted by molar-refractivity contribution is -0.140. The van der Waals surface area contributed by atoms with Crippen molar-refractivity contribution in [2.45, 2.75) is 12.8 Å². The van der Waals surface area contributed by atoms with Crippen molar-refractivity contribution in [3.63, 3.8) is 0 Å². The second kappa shape index (κ2) is 4.91. The molecule has 0 amide bonds. The van der Waals surface area contributed by atoms with Crippen LogP contribution < -0.4 is 0 Å². The second-order valence-electron chi connectivity index (χ2n) is 3.69. The molecule has 2 rings (SSSR count). The standard InChI is InChI=1S/C13H12FNO2/c1-17-12(16)8-7-10-6-5-9-3-2-4-11(14)13(9)15-10/h2-6H,7-8H2,1H3. The molecule has 0 aliphatic heterocycles. The molecular formula is C13H12FNO2. The maximum atomic E-state index is 13.5. The molecule has 1 aromatic heterocycles. The first-order valence-corrected chi connectivity index (χ1v) is 5.31. The van der Waals surface area contributed by atoms with E-state index in [4.69, 9.17) is 0 Å². The summed E-state index contributed by atoms with van der Waals surface area (Å²) in [6.07, 6.45) is 0.709. The number of para-hydroxylation sites is 1. The van der Waals surface area contributed by atoms with E-state index in [0.717, 1.165) is 5.39 Å². The highest BCUT2D eigenvalue weighted by molar-refractivity contribution is 5.79. The van der Waals surface area contributed by atoms with Crippen LogP contribution in [0.1, 0.15) is 12.1 Å². The Labute approximate surface area is 98.2 Å². The van der Waals surface area contributed by atoms with E-state index in [1.165, 1.54) is 13.2 Å². The highest BCUT2D eigenvalue weighted by atomic mass is 19.1. The summed E-state index contributed by atoms with van der Waals surface area (Å²) in [7, 11) is 1.34. The molecule has 1 aromatic carbocycles. The van der Waals surface area contributed by atoms with Crippen LogP contribution in [0.2, 0.25) is 0 Å². The fraction of sp³-hybridized carbons (Fsp3) is 0.231. The number of benzene rings is 1. The van der Waals surface area contributed by atoms with Gasteiger partial charge >= 0.3 is 5.97 Å². The van der Waals surface area contributed by atoms with Crippen LogP contribution in [0.25, 0.3) is 10.9 Å². The van der Waals surface area contributed by atoms with Crippen molar-refractivity contribution in [2.24, 2.45) is 0 Å². The maximum absolute atomic E-state index is 13.5. The molecule has 0 aliphatic carbocycles. The van der Waals surface area contributed by atoms with Gasteiger partial charge in [0.15, 0.2) is 0 Å². The Hall–Kier alpha value is -1.97. The number of aryl methyl sites for hydroxylation is 1. The molecule has 2 aromatic rings. The minimum atomic E-state index is -0.345. The molecule has 1 heterocycles. The quantitative estimate of drug-likeness (QED) is 0.764. The molecule has 3 nitrogen and oxygen atoms in total. The summed E-state index contributed by atoms with van der Waals surface area (Å²) in [5, 5.41) is 0.756. The van der Waals surface area contributed by atoms with Crippen molar-refractivity contribution in [2.75, 3.05) is 7.11 Å². The van der Waals surface area contributed by atoms with E-state index in [1.807, 2.05) is 0 Å². The molecule has 0 fully saturated rings. The smallest absolute Gasteiger partial charge is 0.305 e. The number of nitrogens with zero attached hydrogens (tertiary/aromatic N) is 1. The number of rotatable bonds is 3. The average molecular weight is 233 g/mol. The highest BCUT2D eigenvalue weighted by Gasteiger charge is 2.05. The van der Waals surface area contributed by atoms with Crippen molar-refractivity contribution >= 4 is 16.9 Å². The van der Waals surface area contributed by atoms with Gasteiger partial charge in [0.2, 0.25) is 0 Å². The van der Waals surface area contributed by atoms with E-state index >= 15 is 0 Å². The van der Waals surface area contributed by atoms with Crippen LogP contribution in [0.15, 0.2) is 30.3 Å². The second-order valence-corrected chi connectivity index (χ2v) is 3.69. The fourth-order valence-electron chi connectivity index (χ4n) is 1.62. The number of esters is 1. The molecule has 4 heteroatoms. The van der Waals surface area contributed by atoms with E-state index in [0.29, 0.717) is 17.6 Å². The first-order valence-electron chi connectivity index (χ1n) is 5.31. The average Bonchev–Trinajstić information content (AvgIpc) is 2.36. The van der Waals surface area contributed by atoms with Gasteiger partial charge in [-0.05, 0) is 12.1 Å². The van der Waals surface area contributed by atoms with Crippen LogP contribution in [0.5, 0.6) is 0 Å². The highest BCUT2D eigenvalue weighted by Crippen LogP contribution is 2.16. The molecule has 88 valence electrons. The van der Waals surface area contributed by atoms with Crippen LogP contribution in [0.4, 0.5) is 4.39 Å². The summed E-state index contributed by atoms with van der Waals surface area (Å²) in [5.74, 6) is -0.636. The van der Waals surface area contributed by atoms with Crippen molar-refractivity contribution in [3.05, 3.63) is 41.8 Å². The van der Waals surface area contributed by atoms with Gasteiger partial charge < -0.3 is 4.74 Å². The molecule has 0 radical (unpaired) electrons. The number of methoxy groups -OCH3 is 1. The molecule has 0 saturated heterocycles. The van der Waals surface area contributed by atoms with E-state index in [-0.39, 0.29) is 18.2 Å². The van der Waals surface area contributed by atoms with Gasteiger partial charge in [-0.1, -0.05) is 18.2 Å². The zero-order valence-electron chi connectivity index (χ0n) is 9.44. The maximum Gasteiger partial charge on any atom is 0.305 e. The Kier molecular flexibility index (Phi) is 3.32. The summed E-state index contributed by atoms with van der Waals surface area (Å²) in [6, 6.07) is 8.42. The van der Waals surface area contributed by atoms with E-state index in [2.05, 4.69) is 9.72 Å². The summed E-state index contributed by atoms with van der Waals surface area (Å²) in [6.45, 7) is 0. The SMILES string of the molecule is COC(=O)CCc1ccc2cccc(F)c2n1. The van der Waals surface area contributed by atoms with Crippen molar-refractivity contribution in [1.29, 1.82) is 0 Å². The number of pyridine rings is 1. The first kappa shape index (κ1) is 11.5. The molecule has 0 atom stereocenters. The third kappa shape index (κ3) is 2.58. The van der Waals surface area contributed by atoms with Gasteiger partial charge in [-0.3, -0.25) is 4.79 Å². The Morgan fingerprint density at radius 1 is 1.35 bits per heavy atom. The minimum absolute atomic E-state index is 0.253. The van der Waals surface area contributed by atoms with E-state index in [1.54, 1.807) is 24.3 Å². The van der Waals surface area contributed by atoms with Crippen molar-refractivity contribution < 1.29 is 13.9 Å². The van der Waals surface area contributed by atoms with Crippen LogP contribution in [-0.2, 0) is 16.0 Å². The van der Waals surface area contributed by atoms with Gasteiger partial charge in [0.05, 0.1) is 13.5 Å². The molecule has 0 N–H and O–H groups in total. The molecule has 0 unspecified atom stereocenters. The number of ether oxygens (including phenoxy) is 1. The summed E-state index contributed by atoms with van der Waals surface area (Å²) in [5.41, 5.74) is 1.03. The van der Waals surface area contributed by atoms with Gasteiger partial charge in [0.25, 0.3) is 0 Å². The van der Waals surface area contributed by atoms with Gasteiger partial charge in [-0.25, -0.2) is 9.37 Å². The summed E-state index contributed by atoms with van der Waals surface area (Å²) < 4.78 is 18.0. The lowest BCUT2D eigenvalue weighted by Gasteiger charge is -2.03. The number of carbonyl (C=O) groups is 1. The molecule has 0 aliphatic rings. The zero-order valence-corrected chi connectivity index (χ0v) is 9.44. The summed E-state index contributed by atoms with van der Waals surface area (Å²) >= 11 is 0. The number of aromatic nitrogens is 1. The topological polar surface area (TPSA) is 39.2 Å². The number of fused-ring (bicyclic) bond motifs is 1. The van der Waals surface area contributed by atoms with E-state index < -0.39 is 0 Å². The van der Waals surface area contributed by atoms with Gasteiger partial charge in [0.1, 0.15) is 11.3 Å². The van der Waals surface area contributed by atoms with Crippen LogP contribution >= 0.6 is 0 Å². The Morgan fingerprint density at radius 2 is 2.18 bits per heavy atom. The van der Waals surface area contributed by atoms with Crippen LogP contribution in [0.3, 0.4) is 0 Å². The Bertz CT molecular complexity index is 554. The lowest BCUT2D eigenvalue weighted by Crippen LogP contribution is -2.03. The zero-order chi connectivity index (χ0) is 12.3. The predicted molar refractivity (Wildman–Crippen MR) is 62.0 cm³/mol. The first-order chi connectivity index (χ1) is 8.20. The molecule has 0 spiro atoms. The predicted octanol–water partition coefficient (Wildman–Crippen LogP) is 2.48. The lowest BCUT2D eigenvalue weighted by atomic mass is 10.1. The number of halogens is 1. The summed E-state index contributed by atoms with van der Waals surface area (Å²) in [4.78, 5) is 15.2. The Balaban J connectivity index is 2.25. The van der Waals surface area contributed by atoms with Crippen molar-refractivity contribution in [3.8, 4) is 0 Å². The third-order valence-corrected chi connectivity index (χ3v) is 2.54. The number of hydrogen-bond acceptors (Lipinski definition) is 3. The molecule has 0 saturated carbocycles. The van der Waals surface area contributed by atoms with Gasteiger partial charge in [0, 0.05) is 17.5 Å². The van der Waals surface area contributed by atoms with E-state index in [9.17, 15) is 9.18 Å². The Morgan fingerprint density at radius 3 is 2.94 bits per heavy atom. The molecule has 17 heavy (non-hydrogen) atoms. The largest absolute Gasteiger partial charge is 0.469 e. The normalized spacial score (nSPS) is 10.5. The monoisotopic (exact) mass is 233 g/mol. The molecule has 0 bridgehead atoms. The number of carbonyl (C=O) groups excluding carboxylic acids is 1. The van der Waals surface area contributed by atoms with Crippen LogP contribution in [0, 0.1) is 5.82 Å². The molecular weight excluding hydrogens is 221 g/mol. The number of hydrogen-bond donors (Lipinski definition) is 0. The third-order valence-electron chi connectivity index (χ3n) is 2.54. The fourth-order valence-corrected chi connectivity index (χ4v) is 1.62. The van der Waals surface area contributed by atoms with Gasteiger partial charge in [-0.2, -0.15) is 0 Å². The van der Waals surface area contributed by atoms with Crippen molar-refractivity contribution in [1.82, 2.24) is 4.98 Å². The minimum Gasteiger partial charge on any atom is -0.469 e.